The van der Waals surface area contributed by atoms with E-state index in [1.807, 2.05) is 37.3 Å². The summed E-state index contributed by atoms with van der Waals surface area (Å²) in [4.78, 5) is 25.3. The molecule has 0 radical (unpaired) electrons. The van der Waals surface area contributed by atoms with E-state index >= 15 is 0 Å². The molecule has 3 amide bonds. The number of imide groups is 1. The number of hydrogen-bond acceptors (Lipinski definition) is 4. The van der Waals surface area contributed by atoms with Gasteiger partial charge < -0.3 is 15.4 Å². The summed E-state index contributed by atoms with van der Waals surface area (Å²) in [7, 11) is 0. The van der Waals surface area contributed by atoms with Crippen molar-refractivity contribution in [3.63, 3.8) is 0 Å². The highest BCUT2D eigenvalue weighted by molar-refractivity contribution is 7.80. The average Bonchev–Trinajstić information content (AvgIpc) is 3.23. The van der Waals surface area contributed by atoms with E-state index in [1.165, 1.54) is 0 Å². The zero-order valence-corrected chi connectivity index (χ0v) is 14.9. The third-order valence-corrected chi connectivity index (χ3v) is 4.85. The summed E-state index contributed by atoms with van der Waals surface area (Å²) in [6.45, 7) is 3.17. The van der Waals surface area contributed by atoms with E-state index in [0.29, 0.717) is 13.0 Å². The Labute approximate surface area is 152 Å². The number of nitrogens with one attached hydrogen (secondary N) is 3. The number of carbonyl (C=O) groups excluding carboxylic acids is 2. The predicted molar refractivity (Wildman–Crippen MR) is 96.5 cm³/mol. The SMILES string of the molecule is CC[C@@]1(c2ccccc2)NC(=O)N(NC(=S)NC[C@@H]2CCCO2)C1=O. The van der Waals surface area contributed by atoms with Gasteiger partial charge in [-0.15, -0.1) is 0 Å². The minimum atomic E-state index is -1.07. The smallest absolute Gasteiger partial charge is 0.344 e. The molecule has 3 N–H and O–H groups in total. The summed E-state index contributed by atoms with van der Waals surface area (Å²) in [5.74, 6) is -0.368. The maximum absolute atomic E-state index is 12.9. The standard InChI is InChI=1S/C17H22N4O3S/c1-2-17(12-7-4-3-5-8-12)14(22)21(16(23)19-17)20-15(25)18-11-13-9-6-10-24-13/h3-5,7-8,13H,2,6,9-11H2,1H3,(H,19,23)(H2,18,20,25)/t13-,17-/m0/s1. The Morgan fingerprint density at radius 2 is 2.16 bits per heavy atom. The van der Waals surface area contributed by atoms with E-state index in [1.54, 1.807) is 0 Å². The largest absolute Gasteiger partial charge is 0.376 e. The van der Waals surface area contributed by atoms with Gasteiger partial charge in [0.05, 0.1) is 6.10 Å². The number of nitrogens with zero attached hydrogens (tertiary/aromatic N) is 1. The summed E-state index contributed by atoms with van der Waals surface area (Å²) in [6.07, 6.45) is 2.57. The number of ether oxygens (including phenoxy) is 1. The molecule has 0 unspecified atom stereocenters. The molecular weight excluding hydrogens is 340 g/mol. The van der Waals surface area contributed by atoms with Gasteiger partial charge in [0, 0.05) is 13.2 Å². The van der Waals surface area contributed by atoms with Crippen molar-refractivity contribution in [2.45, 2.75) is 37.8 Å². The Balaban J connectivity index is 1.67. The first-order valence-corrected chi connectivity index (χ1v) is 8.86. The fraction of sp³-hybridized carbons (Fsp3) is 0.471. The lowest BCUT2D eigenvalue weighted by atomic mass is 9.87. The molecule has 2 fully saturated rings. The van der Waals surface area contributed by atoms with Crippen molar-refractivity contribution < 1.29 is 14.3 Å². The molecule has 0 aromatic heterocycles. The van der Waals surface area contributed by atoms with Crippen molar-refractivity contribution in [1.29, 1.82) is 0 Å². The van der Waals surface area contributed by atoms with Crippen molar-refractivity contribution in [2.24, 2.45) is 0 Å². The molecule has 3 rings (SSSR count). The number of urea groups is 1. The first-order valence-electron chi connectivity index (χ1n) is 8.45. The van der Waals surface area contributed by atoms with Crippen molar-refractivity contribution in [3.05, 3.63) is 35.9 Å². The van der Waals surface area contributed by atoms with Gasteiger partial charge in [-0.3, -0.25) is 10.2 Å². The van der Waals surface area contributed by atoms with E-state index in [4.69, 9.17) is 17.0 Å². The number of benzene rings is 1. The van der Waals surface area contributed by atoms with Crippen molar-refractivity contribution in [2.75, 3.05) is 13.2 Å². The lowest BCUT2D eigenvalue weighted by Crippen LogP contribution is -2.52. The zero-order chi connectivity index (χ0) is 17.9. The quantitative estimate of drug-likeness (QED) is 0.543. The third kappa shape index (κ3) is 3.45. The van der Waals surface area contributed by atoms with Crippen LogP contribution in [-0.4, -0.2) is 41.3 Å². The van der Waals surface area contributed by atoms with Crippen molar-refractivity contribution >= 4 is 29.3 Å². The molecule has 7 nitrogen and oxygen atoms in total. The lowest BCUT2D eigenvalue weighted by Gasteiger charge is -2.26. The summed E-state index contributed by atoms with van der Waals surface area (Å²) in [5, 5.41) is 6.96. The van der Waals surface area contributed by atoms with Crippen molar-refractivity contribution in [3.8, 4) is 0 Å². The highest BCUT2D eigenvalue weighted by atomic mass is 32.1. The van der Waals surface area contributed by atoms with E-state index in [-0.39, 0.29) is 17.1 Å². The van der Waals surface area contributed by atoms with Crippen molar-refractivity contribution in [1.82, 2.24) is 21.1 Å². The van der Waals surface area contributed by atoms with E-state index < -0.39 is 11.6 Å². The molecule has 25 heavy (non-hydrogen) atoms. The van der Waals surface area contributed by atoms with Crippen LogP contribution in [0.1, 0.15) is 31.7 Å². The van der Waals surface area contributed by atoms with Crippen LogP contribution in [0.4, 0.5) is 4.79 Å². The van der Waals surface area contributed by atoms with Crippen LogP contribution in [0.2, 0.25) is 0 Å². The second-order valence-corrected chi connectivity index (χ2v) is 6.56. The molecule has 2 aliphatic heterocycles. The minimum Gasteiger partial charge on any atom is -0.376 e. The maximum Gasteiger partial charge on any atom is 0.344 e. The molecule has 1 aromatic rings. The number of carbonyl (C=O) groups is 2. The third-order valence-electron chi connectivity index (χ3n) is 4.62. The first-order chi connectivity index (χ1) is 12.1. The molecule has 2 heterocycles. The molecule has 134 valence electrons. The van der Waals surface area contributed by atoms with Crippen LogP contribution >= 0.6 is 12.2 Å². The maximum atomic E-state index is 12.9. The van der Waals surface area contributed by atoms with Crippen LogP contribution < -0.4 is 16.1 Å². The molecule has 2 aliphatic rings. The topological polar surface area (TPSA) is 82.7 Å². The number of rotatable bonds is 5. The summed E-state index contributed by atoms with van der Waals surface area (Å²) >= 11 is 5.21. The molecule has 0 bridgehead atoms. The normalized spacial score (nSPS) is 25.8. The lowest BCUT2D eigenvalue weighted by molar-refractivity contribution is -0.133. The fourth-order valence-electron chi connectivity index (χ4n) is 3.19. The van der Waals surface area contributed by atoms with E-state index in [9.17, 15) is 9.59 Å². The Hall–Kier alpha value is -2.19. The monoisotopic (exact) mass is 362 g/mol. The van der Waals surface area contributed by atoms with E-state index in [2.05, 4.69) is 16.1 Å². The van der Waals surface area contributed by atoms with Crippen LogP contribution in [0.3, 0.4) is 0 Å². The molecule has 0 aliphatic carbocycles. The fourth-order valence-corrected chi connectivity index (χ4v) is 3.37. The Kier molecular flexibility index (Phi) is 5.19. The molecule has 2 saturated heterocycles. The van der Waals surface area contributed by atoms with Gasteiger partial charge in [0.15, 0.2) is 5.11 Å². The average molecular weight is 362 g/mol. The van der Waals surface area contributed by atoms with Crippen LogP contribution in [-0.2, 0) is 15.1 Å². The van der Waals surface area contributed by atoms with Gasteiger partial charge >= 0.3 is 6.03 Å². The van der Waals surface area contributed by atoms with Gasteiger partial charge in [0.25, 0.3) is 5.91 Å². The Bertz CT molecular complexity index is 663. The second kappa shape index (κ2) is 7.37. The molecule has 8 heteroatoms. The molecule has 2 atom stereocenters. The second-order valence-electron chi connectivity index (χ2n) is 6.15. The van der Waals surface area contributed by atoms with Gasteiger partial charge in [-0.25, -0.2) is 4.79 Å². The molecule has 0 saturated carbocycles. The highest BCUT2D eigenvalue weighted by Crippen LogP contribution is 2.31. The Morgan fingerprint density at radius 1 is 1.40 bits per heavy atom. The minimum absolute atomic E-state index is 0.113. The van der Waals surface area contributed by atoms with Crippen LogP contribution in [0.25, 0.3) is 0 Å². The summed E-state index contributed by atoms with van der Waals surface area (Å²) in [6, 6.07) is 8.70. The van der Waals surface area contributed by atoms with Crippen LogP contribution in [0.15, 0.2) is 30.3 Å². The number of hydrazine groups is 1. The zero-order valence-electron chi connectivity index (χ0n) is 14.1. The molecular formula is C17H22N4O3S. The number of thiocarbonyl (C=S) groups is 1. The first kappa shape index (κ1) is 17.6. The predicted octanol–water partition coefficient (Wildman–Crippen LogP) is 1.40. The van der Waals surface area contributed by atoms with Gasteiger partial charge in [0.2, 0.25) is 0 Å². The number of hydrogen-bond donors (Lipinski definition) is 3. The highest BCUT2D eigenvalue weighted by Gasteiger charge is 2.51. The van der Waals surface area contributed by atoms with E-state index in [0.717, 1.165) is 30.0 Å². The Morgan fingerprint density at radius 3 is 2.80 bits per heavy atom. The van der Waals surface area contributed by atoms with Gasteiger partial charge in [-0.1, -0.05) is 37.3 Å². The van der Waals surface area contributed by atoms with Gasteiger partial charge in [0.1, 0.15) is 5.54 Å². The van der Waals surface area contributed by atoms with Crippen LogP contribution in [0.5, 0.6) is 0 Å². The molecule has 0 spiro atoms. The number of amides is 3. The summed E-state index contributed by atoms with van der Waals surface area (Å²) in [5.41, 5.74) is 2.37. The van der Waals surface area contributed by atoms with Gasteiger partial charge in [-0.05, 0) is 37.0 Å². The van der Waals surface area contributed by atoms with Gasteiger partial charge in [-0.2, -0.15) is 5.01 Å². The van der Waals surface area contributed by atoms with Crippen LogP contribution in [0, 0.1) is 0 Å². The molecule has 1 aromatic carbocycles. The summed E-state index contributed by atoms with van der Waals surface area (Å²) < 4.78 is 5.51.